The van der Waals surface area contributed by atoms with Gasteiger partial charge in [-0.15, -0.1) is 0 Å². The van der Waals surface area contributed by atoms with E-state index in [1.165, 1.54) is 56.7 Å². The van der Waals surface area contributed by atoms with Crippen LogP contribution in [0.5, 0.6) is 11.5 Å². The van der Waals surface area contributed by atoms with Gasteiger partial charge >= 0.3 is 0 Å². The van der Waals surface area contributed by atoms with Crippen molar-refractivity contribution >= 4 is 40.9 Å². The summed E-state index contributed by atoms with van der Waals surface area (Å²) in [5.41, 5.74) is 0.503. The number of rotatable bonds is 5. The molecule has 24 heavy (non-hydrogen) atoms. The van der Waals surface area contributed by atoms with Gasteiger partial charge in [-0.05, 0) is 18.2 Å². The van der Waals surface area contributed by atoms with Crippen LogP contribution in [0.1, 0.15) is 5.56 Å². The van der Waals surface area contributed by atoms with E-state index in [0.717, 1.165) is 0 Å². The number of hydrogen-bond acceptors (Lipinski definition) is 3. The van der Waals surface area contributed by atoms with Crippen molar-refractivity contribution in [2.24, 2.45) is 0 Å². The van der Waals surface area contributed by atoms with Crippen LogP contribution in [-0.4, -0.2) is 20.1 Å². The zero-order chi connectivity index (χ0) is 17.7. The average Bonchev–Trinajstić information content (AvgIpc) is 2.55. The second-order valence-corrected chi connectivity index (χ2v) is 5.46. The lowest BCUT2D eigenvalue weighted by molar-refractivity contribution is -0.111. The molecule has 1 amide bonds. The van der Waals surface area contributed by atoms with Crippen molar-refractivity contribution in [2.75, 3.05) is 19.5 Å². The number of ether oxygens (including phenoxy) is 2. The van der Waals surface area contributed by atoms with Gasteiger partial charge in [-0.25, -0.2) is 4.39 Å². The molecule has 2 aromatic carbocycles. The fourth-order valence-corrected chi connectivity index (χ4v) is 2.42. The summed E-state index contributed by atoms with van der Waals surface area (Å²) in [6.45, 7) is 0. The maximum absolute atomic E-state index is 13.7. The van der Waals surface area contributed by atoms with E-state index in [1.54, 1.807) is 0 Å². The highest BCUT2D eigenvalue weighted by molar-refractivity contribution is 6.32. The lowest BCUT2D eigenvalue weighted by Crippen LogP contribution is -2.09. The van der Waals surface area contributed by atoms with Crippen LogP contribution in [0, 0.1) is 5.82 Å². The third kappa shape index (κ3) is 4.19. The smallest absolute Gasteiger partial charge is 0.248 e. The highest BCUT2D eigenvalue weighted by Gasteiger charge is 2.12. The number of halogens is 3. The fraction of sp³-hybridized carbons (Fsp3) is 0.118. The monoisotopic (exact) mass is 369 g/mol. The standard InChI is InChI=1S/C17H14Cl2FNO3/c1-23-15-9-14(16(24-2)8-12(15)19)21-17(22)7-6-10-11(18)4-3-5-13(10)20/h3-9H,1-2H3,(H,21,22)/b7-6+. The van der Waals surface area contributed by atoms with Crippen LogP contribution >= 0.6 is 23.2 Å². The first-order chi connectivity index (χ1) is 11.5. The van der Waals surface area contributed by atoms with Gasteiger partial charge in [0.1, 0.15) is 17.3 Å². The van der Waals surface area contributed by atoms with Crippen molar-refractivity contribution in [3.8, 4) is 11.5 Å². The van der Waals surface area contributed by atoms with Gasteiger partial charge in [-0.3, -0.25) is 4.79 Å². The Labute approximate surface area is 148 Å². The lowest BCUT2D eigenvalue weighted by atomic mass is 10.2. The third-order valence-corrected chi connectivity index (χ3v) is 3.76. The quantitative estimate of drug-likeness (QED) is 0.769. The van der Waals surface area contributed by atoms with Gasteiger partial charge in [0, 0.05) is 23.8 Å². The number of carbonyl (C=O) groups is 1. The van der Waals surface area contributed by atoms with E-state index in [0.29, 0.717) is 22.2 Å². The number of benzene rings is 2. The predicted octanol–water partition coefficient (Wildman–Crippen LogP) is 4.80. The van der Waals surface area contributed by atoms with Gasteiger partial charge < -0.3 is 14.8 Å². The van der Waals surface area contributed by atoms with E-state index in [9.17, 15) is 9.18 Å². The molecule has 0 aliphatic carbocycles. The van der Waals surface area contributed by atoms with Crippen LogP contribution in [0.15, 0.2) is 36.4 Å². The molecule has 0 aromatic heterocycles. The summed E-state index contributed by atoms with van der Waals surface area (Å²) in [6.07, 6.45) is 2.47. The number of anilines is 1. The van der Waals surface area contributed by atoms with Gasteiger partial charge in [-0.1, -0.05) is 29.3 Å². The first kappa shape index (κ1) is 18.1. The molecular weight excluding hydrogens is 356 g/mol. The largest absolute Gasteiger partial charge is 0.495 e. The van der Waals surface area contributed by atoms with E-state index in [1.807, 2.05) is 0 Å². The van der Waals surface area contributed by atoms with Crippen LogP contribution in [0.2, 0.25) is 10.0 Å². The Morgan fingerprint density at radius 2 is 1.83 bits per heavy atom. The first-order valence-corrected chi connectivity index (χ1v) is 7.56. The average molecular weight is 370 g/mol. The van der Waals surface area contributed by atoms with Gasteiger partial charge in [0.25, 0.3) is 0 Å². The summed E-state index contributed by atoms with van der Waals surface area (Å²) in [4.78, 5) is 12.1. The molecule has 0 saturated carbocycles. The van der Waals surface area contributed by atoms with Crippen LogP contribution < -0.4 is 14.8 Å². The number of hydrogen-bond donors (Lipinski definition) is 1. The highest BCUT2D eigenvalue weighted by Crippen LogP contribution is 2.35. The molecule has 0 fully saturated rings. The maximum atomic E-state index is 13.7. The Hall–Kier alpha value is -2.24. The molecular formula is C17H14Cl2FNO3. The molecule has 0 saturated heterocycles. The summed E-state index contributed by atoms with van der Waals surface area (Å²) in [6, 6.07) is 7.34. The van der Waals surface area contributed by atoms with E-state index in [2.05, 4.69) is 5.32 Å². The molecule has 0 spiro atoms. The molecule has 1 N–H and O–H groups in total. The molecule has 0 aliphatic heterocycles. The molecule has 126 valence electrons. The maximum Gasteiger partial charge on any atom is 0.248 e. The van der Waals surface area contributed by atoms with Crippen LogP contribution in [0.25, 0.3) is 6.08 Å². The molecule has 2 aromatic rings. The minimum absolute atomic E-state index is 0.134. The van der Waals surface area contributed by atoms with Gasteiger partial charge in [0.15, 0.2) is 0 Å². The van der Waals surface area contributed by atoms with E-state index in [4.69, 9.17) is 32.7 Å². The molecule has 7 heteroatoms. The van der Waals surface area contributed by atoms with Crippen molar-refractivity contribution in [2.45, 2.75) is 0 Å². The number of carbonyl (C=O) groups excluding carboxylic acids is 1. The second-order valence-electron chi connectivity index (χ2n) is 4.64. The Bertz CT molecular complexity index is 773. The van der Waals surface area contributed by atoms with Gasteiger partial charge in [0.05, 0.1) is 30.0 Å². The topological polar surface area (TPSA) is 47.6 Å². The molecule has 0 aliphatic rings. The molecule has 0 bridgehead atoms. The lowest BCUT2D eigenvalue weighted by Gasteiger charge is -2.12. The number of amides is 1. The zero-order valence-electron chi connectivity index (χ0n) is 12.9. The predicted molar refractivity (Wildman–Crippen MR) is 93.6 cm³/mol. The van der Waals surface area contributed by atoms with E-state index < -0.39 is 11.7 Å². The number of methoxy groups -OCH3 is 2. The van der Waals surface area contributed by atoms with Gasteiger partial charge in [-0.2, -0.15) is 0 Å². The Morgan fingerprint density at radius 3 is 2.46 bits per heavy atom. The van der Waals surface area contributed by atoms with Crippen molar-refractivity contribution in [1.82, 2.24) is 0 Å². The van der Waals surface area contributed by atoms with Crippen LogP contribution in [-0.2, 0) is 4.79 Å². The molecule has 2 rings (SSSR count). The SMILES string of the molecule is COc1cc(NC(=O)/C=C/c2c(F)cccc2Cl)c(OC)cc1Cl. The van der Waals surface area contributed by atoms with Gasteiger partial charge in [0.2, 0.25) is 5.91 Å². The highest BCUT2D eigenvalue weighted by atomic mass is 35.5. The second kappa shape index (κ2) is 8.04. The zero-order valence-corrected chi connectivity index (χ0v) is 14.4. The Kier molecular flexibility index (Phi) is 6.06. The Balaban J connectivity index is 2.22. The molecule has 0 unspecified atom stereocenters. The fourth-order valence-electron chi connectivity index (χ4n) is 1.96. The van der Waals surface area contributed by atoms with Crippen molar-refractivity contribution in [3.63, 3.8) is 0 Å². The minimum Gasteiger partial charge on any atom is -0.495 e. The Morgan fingerprint density at radius 1 is 1.12 bits per heavy atom. The van der Waals surface area contributed by atoms with Crippen molar-refractivity contribution < 1.29 is 18.7 Å². The molecule has 0 atom stereocenters. The minimum atomic E-state index is -0.516. The van der Waals surface area contributed by atoms with E-state index in [-0.39, 0.29) is 10.6 Å². The summed E-state index contributed by atoms with van der Waals surface area (Å²) < 4.78 is 23.9. The summed E-state index contributed by atoms with van der Waals surface area (Å²) in [5, 5.41) is 3.18. The van der Waals surface area contributed by atoms with Crippen LogP contribution in [0.4, 0.5) is 10.1 Å². The summed E-state index contributed by atoms with van der Waals surface area (Å²) in [7, 11) is 2.90. The van der Waals surface area contributed by atoms with E-state index >= 15 is 0 Å². The summed E-state index contributed by atoms with van der Waals surface area (Å²) in [5.74, 6) is -0.255. The molecule has 0 heterocycles. The summed E-state index contributed by atoms with van der Waals surface area (Å²) >= 11 is 11.9. The van der Waals surface area contributed by atoms with Crippen molar-refractivity contribution in [3.05, 3.63) is 57.8 Å². The molecule has 4 nitrogen and oxygen atoms in total. The van der Waals surface area contributed by atoms with Crippen molar-refractivity contribution in [1.29, 1.82) is 0 Å². The normalized spacial score (nSPS) is 10.7. The molecule has 0 radical (unpaired) electrons. The van der Waals surface area contributed by atoms with Crippen LogP contribution in [0.3, 0.4) is 0 Å². The number of nitrogens with one attached hydrogen (secondary N) is 1. The first-order valence-electron chi connectivity index (χ1n) is 6.81. The third-order valence-electron chi connectivity index (χ3n) is 3.13.